The average Bonchev–Trinajstić information content (AvgIpc) is 4.07. The molecular formula is C46H49ClO8. The van der Waals surface area contributed by atoms with E-state index in [1.807, 2.05) is 133 Å². The van der Waals surface area contributed by atoms with E-state index >= 15 is 0 Å². The molecule has 55 heavy (non-hydrogen) atoms. The van der Waals surface area contributed by atoms with Gasteiger partial charge in [0, 0.05) is 17.7 Å². The molecule has 1 saturated heterocycles. The molecule has 0 amide bonds. The van der Waals surface area contributed by atoms with E-state index in [1.165, 1.54) is 0 Å². The Morgan fingerprint density at radius 1 is 0.655 bits per heavy atom. The molecule has 1 aliphatic heterocycles. The van der Waals surface area contributed by atoms with Gasteiger partial charge in [0.25, 0.3) is 0 Å². The minimum absolute atomic E-state index is 0.252. The van der Waals surface area contributed by atoms with Crippen LogP contribution in [0.15, 0.2) is 133 Å². The summed E-state index contributed by atoms with van der Waals surface area (Å²) in [5, 5.41) is 11.5. The fraction of sp³-hybridized carbons (Fsp3) is 0.348. The Balaban J connectivity index is 1.20. The first-order valence-corrected chi connectivity index (χ1v) is 19.3. The monoisotopic (exact) mass is 764 g/mol. The Bertz CT molecular complexity index is 1890. The van der Waals surface area contributed by atoms with Crippen LogP contribution in [0, 0.1) is 0 Å². The molecule has 288 valence electrons. The third-order valence-corrected chi connectivity index (χ3v) is 10.4. The fourth-order valence-electron chi connectivity index (χ4n) is 6.96. The van der Waals surface area contributed by atoms with Gasteiger partial charge in [0.05, 0.1) is 39.1 Å². The van der Waals surface area contributed by atoms with Gasteiger partial charge in [0.2, 0.25) is 5.79 Å². The van der Waals surface area contributed by atoms with Crippen molar-refractivity contribution in [3.05, 3.63) is 172 Å². The van der Waals surface area contributed by atoms with E-state index in [9.17, 15) is 5.11 Å². The molecule has 0 spiro atoms. The lowest BCUT2D eigenvalue weighted by molar-refractivity contribution is -0.384. The lowest BCUT2D eigenvalue weighted by Gasteiger charge is -2.52. The molecule has 0 radical (unpaired) electrons. The maximum Gasteiger partial charge on any atom is 0.225 e. The Labute approximate surface area is 328 Å². The van der Waals surface area contributed by atoms with Gasteiger partial charge < -0.3 is 38.3 Å². The van der Waals surface area contributed by atoms with Crippen molar-refractivity contribution in [1.29, 1.82) is 0 Å². The highest BCUT2D eigenvalue weighted by molar-refractivity contribution is 6.31. The largest absolute Gasteiger partial charge is 0.491 e. The molecule has 0 bridgehead atoms. The number of aliphatic hydroxyl groups is 1. The lowest BCUT2D eigenvalue weighted by Crippen LogP contribution is -2.66. The first kappa shape index (κ1) is 39.2. The predicted octanol–water partition coefficient (Wildman–Crippen LogP) is 8.44. The third-order valence-electron chi connectivity index (χ3n) is 10.0. The minimum atomic E-state index is -1.52. The van der Waals surface area contributed by atoms with Crippen molar-refractivity contribution in [3.63, 3.8) is 0 Å². The first-order chi connectivity index (χ1) is 27.0. The number of methoxy groups -OCH3 is 1. The Morgan fingerprint density at radius 2 is 1.24 bits per heavy atom. The molecular weight excluding hydrogens is 716 g/mol. The van der Waals surface area contributed by atoms with Gasteiger partial charge in [-0.15, -0.1) is 0 Å². The average molecular weight is 765 g/mol. The SMILES string of the molecule is CO[C@@]1(c2ccc(Cl)c(Cc3ccc(OCCOC4CC4)cc3)c2)O[C@H](CO)[C@@H](OCc2ccccc2)[C@H](OCc2ccccc2)[C@H]1OCc1ccccc1. The van der Waals surface area contributed by atoms with Crippen molar-refractivity contribution in [3.8, 4) is 5.75 Å². The summed E-state index contributed by atoms with van der Waals surface area (Å²) in [6, 6.07) is 43.6. The molecule has 5 aromatic carbocycles. The fourth-order valence-corrected chi connectivity index (χ4v) is 7.14. The van der Waals surface area contributed by atoms with Crippen molar-refractivity contribution < 1.29 is 38.3 Å². The second-order valence-electron chi connectivity index (χ2n) is 14.0. The molecule has 2 fully saturated rings. The minimum Gasteiger partial charge on any atom is -0.491 e. The van der Waals surface area contributed by atoms with Crippen LogP contribution in [0.2, 0.25) is 5.02 Å². The topological polar surface area (TPSA) is 84.8 Å². The second kappa shape index (κ2) is 19.2. The number of benzene rings is 5. The van der Waals surface area contributed by atoms with Crippen molar-refractivity contribution in [1.82, 2.24) is 0 Å². The number of hydrogen-bond acceptors (Lipinski definition) is 8. The number of hydrogen-bond donors (Lipinski definition) is 1. The van der Waals surface area contributed by atoms with Crippen molar-refractivity contribution >= 4 is 11.6 Å². The highest BCUT2D eigenvalue weighted by Crippen LogP contribution is 2.44. The van der Waals surface area contributed by atoms with Crippen molar-refractivity contribution in [2.75, 3.05) is 26.9 Å². The molecule has 1 N–H and O–H groups in total. The van der Waals surface area contributed by atoms with Gasteiger partial charge in [0.1, 0.15) is 36.8 Å². The third kappa shape index (κ3) is 10.2. The smallest absolute Gasteiger partial charge is 0.225 e. The summed E-state index contributed by atoms with van der Waals surface area (Å²) in [6.07, 6.45) is 0.113. The summed E-state index contributed by atoms with van der Waals surface area (Å²) in [7, 11) is 1.59. The van der Waals surface area contributed by atoms with E-state index < -0.39 is 30.2 Å². The summed E-state index contributed by atoms with van der Waals surface area (Å²) in [5.74, 6) is -0.730. The number of aliphatic hydroxyl groups excluding tert-OH is 1. The van der Waals surface area contributed by atoms with Crippen LogP contribution in [-0.4, -0.2) is 62.6 Å². The Morgan fingerprint density at radius 3 is 1.80 bits per heavy atom. The molecule has 9 heteroatoms. The number of ether oxygens (including phenoxy) is 7. The van der Waals surface area contributed by atoms with Crippen LogP contribution in [0.4, 0.5) is 0 Å². The van der Waals surface area contributed by atoms with Crippen LogP contribution in [0.25, 0.3) is 0 Å². The molecule has 7 rings (SSSR count). The molecule has 5 atom stereocenters. The molecule has 8 nitrogen and oxygen atoms in total. The second-order valence-corrected chi connectivity index (χ2v) is 14.4. The highest BCUT2D eigenvalue weighted by atomic mass is 35.5. The van der Waals surface area contributed by atoms with Gasteiger partial charge in [-0.2, -0.15) is 0 Å². The van der Waals surface area contributed by atoms with Gasteiger partial charge in [-0.3, -0.25) is 0 Å². The first-order valence-electron chi connectivity index (χ1n) is 19.0. The summed E-state index contributed by atoms with van der Waals surface area (Å²) in [4.78, 5) is 0. The van der Waals surface area contributed by atoms with Crippen LogP contribution < -0.4 is 4.74 Å². The summed E-state index contributed by atoms with van der Waals surface area (Å²) in [5.41, 5.74) is 5.54. The van der Waals surface area contributed by atoms with Crippen LogP contribution in [-0.2, 0) is 60.4 Å². The molecule has 1 saturated carbocycles. The zero-order valence-corrected chi connectivity index (χ0v) is 31.9. The number of halogens is 1. The van der Waals surface area contributed by atoms with E-state index in [-0.39, 0.29) is 26.4 Å². The van der Waals surface area contributed by atoms with E-state index in [2.05, 4.69) is 0 Å². The highest BCUT2D eigenvalue weighted by Gasteiger charge is 2.58. The quantitative estimate of drug-likeness (QED) is 0.0840. The Kier molecular flexibility index (Phi) is 13.7. The van der Waals surface area contributed by atoms with Gasteiger partial charge >= 0.3 is 0 Å². The molecule has 1 aliphatic carbocycles. The van der Waals surface area contributed by atoms with Gasteiger partial charge in [-0.25, -0.2) is 0 Å². The van der Waals surface area contributed by atoms with E-state index in [0.29, 0.717) is 36.3 Å². The molecule has 0 aromatic heterocycles. The summed E-state index contributed by atoms with van der Waals surface area (Å²) < 4.78 is 45.3. The van der Waals surface area contributed by atoms with Crippen LogP contribution in [0.3, 0.4) is 0 Å². The summed E-state index contributed by atoms with van der Waals surface area (Å²) >= 11 is 6.89. The van der Waals surface area contributed by atoms with Crippen LogP contribution in [0.5, 0.6) is 5.75 Å². The molecule has 2 aliphatic rings. The lowest BCUT2D eigenvalue weighted by atomic mass is 9.86. The van der Waals surface area contributed by atoms with E-state index in [4.69, 9.17) is 44.8 Å². The zero-order valence-electron chi connectivity index (χ0n) is 31.1. The number of rotatable bonds is 19. The van der Waals surface area contributed by atoms with Crippen LogP contribution in [0.1, 0.15) is 46.2 Å². The Hall–Kier alpha value is -4.09. The predicted molar refractivity (Wildman–Crippen MR) is 211 cm³/mol. The van der Waals surface area contributed by atoms with Gasteiger partial charge in [0.15, 0.2) is 0 Å². The van der Waals surface area contributed by atoms with Crippen LogP contribution >= 0.6 is 11.6 Å². The van der Waals surface area contributed by atoms with E-state index in [0.717, 1.165) is 46.4 Å². The van der Waals surface area contributed by atoms with Crippen molar-refractivity contribution in [2.24, 2.45) is 0 Å². The maximum absolute atomic E-state index is 10.9. The molecule has 0 unspecified atom stereocenters. The van der Waals surface area contributed by atoms with Gasteiger partial charge in [-0.1, -0.05) is 121 Å². The van der Waals surface area contributed by atoms with E-state index in [1.54, 1.807) is 7.11 Å². The molecule has 1 heterocycles. The summed E-state index contributed by atoms with van der Waals surface area (Å²) in [6.45, 7) is 1.57. The zero-order chi connectivity index (χ0) is 37.9. The standard InChI is InChI=1S/C46H49ClO8/c1-49-46(38-19-24-41(47)37(28-38)27-33-17-20-39(21-18-33)50-25-26-51-40-22-23-40)45(54-32-36-15-9-4-10-16-36)44(53-31-35-13-7-3-8-14-35)43(42(29-48)55-46)52-30-34-11-5-2-6-12-34/h2-21,24,28,40,42-45,48H,22-23,25-27,29-32H2,1H3/t42-,43-,44+,45-,46+/m1/s1. The van der Waals surface area contributed by atoms with Gasteiger partial charge in [-0.05, 0) is 71.3 Å². The maximum atomic E-state index is 10.9. The normalized spacial score (nSPS) is 22.4. The molecule has 5 aromatic rings. The van der Waals surface area contributed by atoms with Crippen molar-refractivity contribution in [2.45, 2.75) is 75.4 Å².